The maximum atomic E-state index is 12.8. The minimum Gasteiger partial charge on any atom is -0.337 e. The van der Waals surface area contributed by atoms with E-state index in [-0.39, 0.29) is 5.91 Å². The third-order valence-corrected chi connectivity index (χ3v) is 5.56. The second-order valence-electron chi connectivity index (χ2n) is 5.82. The second kappa shape index (κ2) is 4.86. The van der Waals surface area contributed by atoms with Gasteiger partial charge < -0.3 is 10.2 Å². The molecule has 0 bridgehead atoms. The lowest BCUT2D eigenvalue weighted by Gasteiger charge is -2.24. The van der Waals surface area contributed by atoms with Gasteiger partial charge in [0.05, 0.1) is 5.56 Å². The van der Waals surface area contributed by atoms with Crippen LogP contribution in [0.25, 0.3) is 10.1 Å². The predicted molar refractivity (Wildman–Crippen MR) is 82.2 cm³/mol. The van der Waals surface area contributed by atoms with Gasteiger partial charge in [-0.2, -0.15) is 0 Å². The molecule has 2 aliphatic rings. The smallest absolute Gasteiger partial charge is 0.255 e. The summed E-state index contributed by atoms with van der Waals surface area (Å²) in [6.07, 6.45) is 2.50. The van der Waals surface area contributed by atoms with Crippen molar-refractivity contribution in [1.29, 1.82) is 0 Å². The molecule has 2 aromatic rings. The number of benzene rings is 1. The van der Waals surface area contributed by atoms with E-state index in [1.54, 1.807) is 11.3 Å². The van der Waals surface area contributed by atoms with Gasteiger partial charge in [-0.25, -0.2) is 0 Å². The second-order valence-corrected chi connectivity index (χ2v) is 6.73. The molecule has 2 saturated heterocycles. The average Bonchev–Trinajstić information content (AvgIpc) is 3.10. The summed E-state index contributed by atoms with van der Waals surface area (Å²) in [6.45, 7) is 2.89. The highest BCUT2D eigenvalue weighted by Crippen LogP contribution is 2.30. The van der Waals surface area contributed by atoms with Gasteiger partial charge in [0.2, 0.25) is 0 Å². The molecule has 3 nitrogen and oxygen atoms in total. The van der Waals surface area contributed by atoms with Gasteiger partial charge in [0.15, 0.2) is 0 Å². The van der Waals surface area contributed by atoms with Crippen LogP contribution in [-0.4, -0.2) is 36.5 Å². The Morgan fingerprint density at radius 2 is 2.20 bits per heavy atom. The van der Waals surface area contributed by atoms with Crippen molar-refractivity contribution in [2.24, 2.45) is 5.92 Å². The van der Waals surface area contributed by atoms with Gasteiger partial charge in [-0.05, 0) is 31.4 Å². The number of carbonyl (C=O) groups excluding carboxylic acids is 1. The molecule has 1 amide bonds. The minimum absolute atomic E-state index is 0.207. The Morgan fingerprint density at radius 3 is 3.10 bits per heavy atom. The summed E-state index contributed by atoms with van der Waals surface area (Å²) < 4.78 is 1.20. The molecule has 2 atom stereocenters. The monoisotopic (exact) mass is 286 g/mol. The molecule has 3 heterocycles. The normalized spacial score (nSPS) is 25.9. The first-order chi connectivity index (χ1) is 9.83. The number of carbonyl (C=O) groups is 1. The highest BCUT2D eigenvalue weighted by molar-refractivity contribution is 7.17. The maximum Gasteiger partial charge on any atom is 0.255 e. The molecule has 1 aromatic carbocycles. The largest absolute Gasteiger partial charge is 0.337 e. The van der Waals surface area contributed by atoms with Crippen molar-refractivity contribution in [1.82, 2.24) is 10.2 Å². The number of piperidine rings is 1. The lowest BCUT2D eigenvalue weighted by atomic mass is 9.94. The van der Waals surface area contributed by atoms with Crippen LogP contribution < -0.4 is 5.32 Å². The molecule has 1 aromatic heterocycles. The summed E-state index contributed by atoms with van der Waals surface area (Å²) >= 11 is 1.66. The summed E-state index contributed by atoms with van der Waals surface area (Å²) in [4.78, 5) is 14.8. The van der Waals surface area contributed by atoms with Crippen molar-refractivity contribution >= 4 is 27.3 Å². The summed E-state index contributed by atoms with van der Waals surface area (Å²) in [7, 11) is 0. The standard InChI is InChI=1S/C16H18N2OS/c19-16(13-10-20-15-6-2-1-5-12(13)15)18-8-11-4-3-7-17-14(11)9-18/h1-2,5-6,10-11,14,17H,3-4,7-9H2. The van der Waals surface area contributed by atoms with Gasteiger partial charge in [-0.1, -0.05) is 18.2 Å². The lowest BCUT2D eigenvalue weighted by Crippen LogP contribution is -2.41. The Kier molecular flexibility index (Phi) is 3.00. The highest BCUT2D eigenvalue weighted by atomic mass is 32.1. The number of rotatable bonds is 1. The third kappa shape index (κ3) is 1.95. The highest BCUT2D eigenvalue weighted by Gasteiger charge is 2.37. The van der Waals surface area contributed by atoms with Crippen LogP contribution in [0.5, 0.6) is 0 Å². The molecular formula is C16H18N2OS. The summed E-state index contributed by atoms with van der Waals surface area (Å²) in [5, 5.41) is 6.68. The van der Waals surface area contributed by atoms with Crippen molar-refractivity contribution in [2.45, 2.75) is 18.9 Å². The van der Waals surface area contributed by atoms with Gasteiger partial charge in [-0.15, -0.1) is 11.3 Å². The topological polar surface area (TPSA) is 32.3 Å². The molecule has 2 aliphatic heterocycles. The molecule has 0 aliphatic carbocycles. The summed E-state index contributed by atoms with van der Waals surface area (Å²) in [6, 6.07) is 8.69. The molecule has 0 saturated carbocycles. The fourth-order valence-electron chi connectivity index (χ4n) is 3.53. The predicted octanol–water partition coefficient (Wildman–Crippen LogP) is 2.73. The Labute approximate surface area is 122 Å². The summed E-state index contributed by atoms with van der Waals surface area (Å²) in [5.41, 5.74) is 0.879. The van der Waals surface area contributed by atoms with Gasteiger partial charge >= 0.3 is 0 Å². The zero-order valence-corrected chi connectivity index (χ0v) is 12.2. The summed E-state index contributed by atoms with van der Waals surface area (Å²) in [5.74, 6) is 0.858. The quantitative estimate of drug-likeness (QED) is 0.874. The number of nitrogens with zero attached hydrogens (tertiary/aromatic N) is 1. The van der Waals surface area contributed by atoms with E-state index in [0.717, 1.165) is 30.6 Å². The van der Waals surface area contributed by atoms with Crippen LogP contribution >= 0.6 is 11.3 Å². The van der Waals surface area contributed by atoms with Crippen LogP contribution in [0.3, 0.4) is 0 Å². The fraction of sp³-hybridized carbons (Fsp3) is 0.438. The Hall–Kier alpha value is -1.39. The van der Waals surface area contributed by atoms with E-state index in [4.69, 9.17) is 0 Å². The Morgan fingerprint density at radius 1 is 1.30 bits per heavy atom. The molecule has 4 rings (SSSR count). The van der Waals surface area contributed by atoms with E-state index < -0.39 is 0 Å². The van der Waals surface area contributed by atoms with Crippen LogP contribution in [0, 0.1) is 5.92 Å². The number of hydrogen-bond acceptors (Lipinski definition) is 3. The number of fused-ring (bicyclic) bond motifs is 2. The van der Waals surface area contributed by atoms with Crippen molar-refractivity contribution in [3.8, 4) is 0 Å². The number of amides is 1. The number of likely N-dealkylation sites (tertiary alicyclic amines) is 1. The van der Waals surface area contributed by atoms with E-state index >= 15 is 0 Å². The maximum absolute atomic E-state index is 12.8. The molecule has 1 N–H and O–H groups in total. The van der Waals surface area contributed by atoms with Gasteiger partial charge in [0.25, 0.3) is 5.91 Å². The first kappa shape index (κ1) is 12.4. The van der Waals surface area contributed by atoms with E-state index in [1.165, 1.54) is 17.5 Å². The Balaban J connectivity index is 1.61. The van der Waals surface area contributed by atoms with Crippen LogP contribution in [-0.2, 0) is 0 Å². The lowest BCUT2D eigenvalue weighted by molar-refractivity contribution is 0.0788. The van der Waals surface area contributed by atoms with E-state index in [0.29, 0.717) is 12.0 Å². The zero-order valence-electron chi connectivity index (χ0n) is 11.3. The van der Waals surface area contributed by atoms with Gasteiger partial charge in [0, 0.05) is 34.6 Å². The molecule has 0 radical (unpaired) electrons. The van der Waals surface area contributed by atoms with Crippen molar-refractivity contribution in [3.63, 3.8) is 0 Å². The average molecular weight is 286 g/mol. The van der Waals surface area contributed by atoms with Crippen molar-refractivity contribution in [3.05, 3.63) is 35.2 Å². The third-order valence-electron chi connectivity index (χ3n) is 4.60. The van der Waals surface area contributed by atoms with Crippen LogP contribution in [0.4, 0.5) is 0 Å². The van der Waals surface area contributed by atoms with Gasteiger partial charge in [0.1, 0.15) is 0 Å². The number of hydrogen-bond donors (Lipinski definition) is 1. The van der Waals surface area contributed by atoms with Crippen LogP contribution in [0.2, 0.25) is 0 Å². The zero-order chi connectivity index (χ0) is 13.5. The SMILES string of the molecule is O=C(c1csc2ccccc12)N1CC2CCCNC2C1. The van der Waals surface area contributed by atoms with E-state index in [2.05, 4.69) is 17.4 Å². The molecule has 4 heteroatoms. The number of thiophene rings is 1. The minimum atomic E-state index is 0.207. The van der Waals surface area contributed by atoms with Crippen LogP contribution in [0.1, 0.15) is 23.2 Å². The first-order valence-electron chi connectivity index (χ1n) is 7.32. The van der Waals surface area contributed by atoms with Gasteiger partial charge in [-0.3, -0.25) is 4.79 Å². The molecular weight excluding hydrogens is 268 g/mol. The molecule has 104 valence electrons. The molecule has 20 heavy (non-hydrogen) atoms. The van der Waals surface area contributed by atoms with E-state index in [9.17, 15) is 4.79 Å². The van der Waals surface area contributed by atoms with Crippen molar-refractivity contribution < 1.29 is 4.79 Å². The Bertz CT molecular complexity index is 637. The molecule has 2 fully saturated rings. The number of nitrogens with one attached hydrogen (secondary N) is 1. The fourth-order valence-corrected chi connectivity index (χ4v) is 4.46. The van der Waals surface area contributed by atoms with Crippen LogP contribution in [0.15, 0.2) is 29.6 Å². The molecule has 0 spiro atoms. The van der Waals surface area contributed by atoms with Crippen molar-refractivity contribution in [2.75, 3.05) is 19.6 Å². The first-order valence-corrected chi connectivity index (χ1v) is 8.20. The van der Waals surface area contributed by atoms with E-state index in [1.807, 2.05) is 22.4 Å². The molecule has 2 unspecified atom stereocenters.